The van der Waals surface area contributed by atoms with Crippen LogP contribution in [0.15, 0.2) is 0 Å². The second-order valence-corrected chi connectivity index (χ2v) is 6.07. The van der Waals surface area contributed by atoms with E-state index in [1.54, 1.807) is 0 Å². The molecule has 0 aromatic rings. The van der Waals surface area contributed by atoms with Gasteiger partial charge in [-0.3, -0.25) is 5.41 Å². The van der Waals surface area contributed by atoms with Crippen LogP contribution < -0.4 is 16.4 Å². The first-order chi connectivity index (χ1) is 9.05. The van der Waals surface area contributed by atoms with Crippen LogP contribution in [0.2, 0.25) is 0 Å². The van der Waals surface area contributed by atoms with Gasteiger partial charge in [0.1, 0.15) is 5.84 Å². The lowest BCUT2D eigenvalue weighted by Crippen LogP contribution is -2.62. The lowest BCUT2D eigenvalue weighted by atomic mass is 9.75. The van der Waals surface area contributed by atoms with Gasteiger partial charge in [-0.2, -0.15) is 0 Å². The van der Waals surface area contributed by atoms with E-state index in [1.165, 1.54) is 12.8 Å². The van der Waals surface area contributed by atoms with Crippen LogP contribution in [-0.4, -0.2) is 23.4 Å². The molecular weight excluding hydrogens is 240 g/mol. The summed E-state index contributed by atoms with van der Waals surface area (Å²) in [6, 6.07) is 0.158. The van der Waals surface area contributed by atoms with E-state index in [0.29, 0.717) is 12.0 Å². The Balaban J connectivity index is 1.91. The molecule has 0 heterocycles. The van der Waals surface area contributed by atoms with Crippen LogP contribution in [0.3, 0.4) is 0 Å². The summed E-state index contributed by atoms with van der Waals surface area (Å²) in [5.41, 5.74) is 5.14. The summed E-state index contributed by atoms with van der Waals surface area (Å²) < 4.78 is 0. The largest absolute Gasteiger partial charge is 0.386 e. The minimum Gasteiger partial charge on any atom is -0.386 e. The molecule has 2 saturated carbocycles. The molecule has 0 aromatic carbocycles. The maximum Gasteiger partial charge on any atom is 0.315 e. The van der Waals surface area contributed by atoms with E-state index in [2.05, 4.69) is 17.6 Å². The number of nitrogens with one attached hydrogen (secondary N) is 3. The minimum absolute atomic E-state index is 0.103. The lowest BCUT2D eigenvalue weighted by molar-refractivity contribution is 0.202. The highest BCUT2D eigenvalue weighted by Gasteiger charge is 2.39. The molecule has 2 fully saturated rings. The van der Waals surface area contributed by atoms with Crippen molar-refractivity contribution in [3.8, 4) is 0 Å². The van der Waals surface area contributed by atoms with Crippen molar-refractivity contribution in [1.82, 2.24) is 10.6 Å². The average Bonchev–Trinajstić information content (AvgIpc) is 2.34. The van der Waals surface area contributed by atoms with E-state index in [1.807, 2.05) is 0 Å². The Morgan fingerprint density at radius 1 is 1.32 bits per heavy atom. The summed E-state index contributed by atoms with van der Waals surface area (Å²) in [7, 11) is 0. The van der Waals surface area contributed by atoms with Gasteiger partial charge >= 0.3 is 6.03 Å². The van der Waals surface area contributed by atoms with Crippen molar-refractivity contribution < 1.29 is 4.79 Å². The number of carbonyl (C=O) groups excluding carboxylic acids is 1. The van der Waals surface area contributed by atoms with Crippen molar-refractivity contribution in [3.05, 3.63) is 0 Å². The summed E-state index contributed by atoms with van der Waals surface area (Å²) >= 11 is 0. The second kappa shape index (κ2) is 5.80. The molecule has 5 heteroatoms. The Labute approximate surface area is 115 Å². The van der Waals surface area contributed by atoms with E-state index in [4.69, 9.17) is 11.1 Å². The standard InChI is InChI=1S/C14H26N4O/c1-2-10-6-8-14(9-7-10,12(15)16)18-13(19)17-11-4-3-5-11/h10-11H,2-9H2,1H3,(H3,15,16)(H2,17,18,19). The molecule has 2 rings (SSSR count). The molecule has 0 bridgehead atoms. The van der Waals surface area contributed by atoms with Crippen molar-refractivity contribution >= 4 is 11.9 Å². The number of amides is 2. The Morgan fingerprint density at radius 3 is 2.37 bits per heavy atom. The molecule has 19 heavy (non-hydrogen) atoms. The molecular formula is C14H26N4O. The number of nitrogens with two attached hydrogens (primary N) is 1. The Bertz CT molecular complexity index is 343. The third-order valence-electron chi connectivity index (χ3n) is 4.84. The molecule has 0 atom stereocenters. The zero-order chi connectivity index (χ0) is 13.9. The monoisotopic (exact) mass is 266 g/mol. The number of urea groups is 1. The Morgan fingerprint density at radius 2 is 1.95 bits per heavy atom. The number of hydrogen-bond acceptors (Lipinski definition) is 2. The third-order valence-corrected chi connectivity index (χ3v) is 4.84. The Kier molecular flexibility index (Phi) is 4.32. The van der Waals surface area contributed by atoms with Crippen LogP contribution in [0.25, 0.3) is 0 Å². The fourth-order valence-corrected chi connectivity index (χ4v) is 3.03. The first-order valence-electron chi connectivity index (χ1n) is 7.49. The lowest BCUT2D eigenvalue weighted by Gasteiger charge is -2.40. The quantitative estimate of drug-likeness (QED) is 0.463. The zero-order valence-electron chi connectivity index (χ0n) is 11.8. The average molecular weight is 266 g/mol. The molecule has 0 radical (unpaired) electrons. The molecule has 5 N–H and O–H groups in total. The fourth-order valence-electron chi connectivity index (χ4n) is 3.03. The number of amidine groups is 1. The van der Waals surface area contributed by atoms with Crippen molar-refractivity contribution in [2.75, 3.05) is 0 Å². The smallest absolute Gasteiger partial charge is 0.315 e. The summed E-state index contributed by atoms with van der Waals surface area (Å²) in [5, 5.41) is 13.8. The number of hydrogen-bond donors (Lipinski definition) is 4. The predicted molar refractivity (Wildman–Crippen MR) is 76.2 cm³/mol. The third kappa shape index (κ3) is 3.19. The van der Waals surface area contributed by atoms with Crippen LogP contribution in [0.1, 0.15) is 58.3 Å². The minimum atomic E-state index is -0.612. The molecule has 0 unspecified atom stereocenters. The molecule has 0 spiro atoms. The van der Waals surface area contributed by atoms with E-state index in [9.17, 15) is 4.79 Å². The van der Waals surface area contributed by atoms with Gasteiger partial charge in [-0.05, 0) is 50.9 Å². The molecule has 0 aliphatic heterocycles. The van der Waals surface area contributed by atoms with Gasteiger partial charge < -0.3 is 16.4 Å². The second-order valence-electron chi connectivity index (χ2n) is 6.07. The van der Waals surface area contributed by atoms with Crippen molar-refractivity contribution in [3.63, 3.8) is 0 Å². The van der Waals surface area contributed by atoms with Crippen molar-refractivity contribution in [2.24, 2.45) is 11.7 Å². The molecule has 2 amide bonds. The number of rotatable bonds is 4. The van der Waals surface area contributed by atoms with Crippen molar-refractivity contribution in [1.29, 1.82) is 5.41 Å². The van der Waals surface area contributed by atoms with Gasteiger partial charge in [-0.1, -0.05) is 13.3 Å². The normalized spacial score (nSPS) is 31.3. The van der Waals surface area contributed by atoms with Crippen LogP contribution in [0.4, 0.5) is 4.79 Å². The zero-order valence-corrected chi connectivity index (χ0v) is 11.8. The molecule has 2 aliphatic rings. The van der Waals surface area contributed by atoms with Gasteiger partial charge in [0.15, 0.2) is 0 Å². The highest BCUT2D eigenvalue weighted by Crippen LogP contribution is 2.33. The summed E-state index contributed by atoms with van der Waals surface area (Å²) in [6.07, 6.45) is 8.16. The van der Waals surface area contributed by atoms with Gasteiger partial charge in [0.05, 0.1) is 5.54 Å². The van der Waals surface area contributed by atoms with Gasteiger partial charge in [-0.25, -0.2) is 4.79 Å². The topological polar surface area (TPSA) is 91.0 Å². The van der Waals surface area contributed by atoms with Gasteiger partial charge in [0, 0.05) is 6.04 Å². The van der Waals surface area contributed by atoms with Gasteiger partial charge in [0.25, 0.3) is 0 Å². The maximum atomic E-state index is 12.0. The van der Waals surface area contributed by atoms with E-state index < -0.39 is 5.54 Å². The molecule has 0 aromatic heterocycles. The van der Waals surface area contributed by atoms with Gasteiger partial charge in [-0.15, -0.1) is 0 Å². The summed E-state index contributed by atoms with van der Waals surface area (Å²) in [5.74, 6) is 0.815. The van der Waals surface area contributed by atoms with Crippen LogP contribution in [0.5, 0.6) is 0 Å². The molecule has 108 valence electrons. The highest BCUT2D eigenvalue weighted by molar-refractivity contribution is 5.92. The maximum absolute atomic E-state index is 12.0. The molecule has 5 nitrogen and oxygen atoms in total. The highest BCUT2D eigenvalue weighted by atomic mass is 16.2. The van der Waals surface area contributed by atoms with Crippen LogP contribution in [0, 0.1) is 11.3 Å². The first-order valence-corrected chi connectivity index (χ1v) is 7.49. The van der Waals surface area contributed by atoms with Gasteiger partial charge in [0.2, 0.25) is 0 Å². The van der Waals surface area contributed by atoms with Crippen molar-refractivity contribution in [2.45, 2.75) is 69.9 Å². The first kappa shape index (κ1) is 14.2. The van der Waals surface area contributed by atoms with E-state index in [-0.39, 0.29) is 11.9 Å². The summed E-state index contributed by atoms with van der Waals surface area (Å²) in [6.45, 7) is 2.20. The van der Waals surface area contributed by atoms with Crippen LogP contribution in [-0.2, 0) is 0 Å². The van der Waals surface area contributed by atoms with Crippen LogP contribution >= 0.6 is 0 Å². The predicted octanol–water partition coefficient (Wildman–Crippen LogP) is 2.11. The summed E-state index contributed by atoms with van der Waals surface area (Å²) in [4.78, 5) is 12.0. The number of carbonyl (C=O) groups is 1. The molecule has 0 saturated heterocycles. The fraction of sp³-hybridized carbons (Fsp3) is 0.857. The van der Waals surface area contributed by atoms with E-state index in [0.717, 1.165) is 38.5 Å². The molecule has 2 aliphatic carbocycles. The Hall–Kier alpha value is -1.26. The SMILES string of the molecule is CCC1CCC(NC(=O)NC2CCC2)(C(=N)N)CC1. The van der Waals surface area contributed by atoms with E-state index >= 15 is 0 Å².